The fourth-order valence-electron chi connectivity index (χ4n) is 2.92. The minimum atomic E-state index is -0.273. The molecule has 1 aliphatic rings. The molecule has 0 atom stereocenters. The van der Waals surface area contributed by atoms with Crippen LogP contribution in [0.15, 0.2) is 41.0 Å². The highest BCUT2D eigenvalue weighted by atomic mass is 32.1. The van der Waals surface area contributed by atoms with Crippen molar-refractivity contribution >= 4 is 17.2 Å². The molecule has 7 heteroatoms. The van der Waals surface area contributed by atoms with E-state index in [4.69, 9.17) is 13.9 Å². The predicted molar refractivity (Wildman–Crippen MR) is 102 cm³/mol. The molecule has 6 nitrogen and oxygen atoms in total. The second kappa shape index (κ2) is 6.74. The molecule has 3 aromatic rings. The van der Waals surface area contributed by atoms with E-state index in [1.807, 2.05) is 31.2 Å². The summed E-state index contributed by atoms with van der Waals surface area (Å²) < 4.78 is 16.2. The molecule has 27 heavy (non-hydrogen) atoms. The Labute approximate surface area is 161 Å². The lowest BCUT2D eigenvalue weighted by molar-refractivity contribution is 0.0941. The number of ether oxygens (including phenoxy) is 2. The lowest BCUT2D eigenvalue weighted by Gasteiger charge is -2.25. The largest absolute Gasteiger partial charge is 0.462 e. The van der Waals surface area contributed by atoms with Crippen molar-refractivity contribution in [2.24, 2.45) is 0 Å². The van der Waals surface area contributed by atoms with Gasteiger partial charge in [0, 0.05) is 16.8 Å². The first-order chi connectivity index (χ1) is 12.9. The van der Waals surface area contributed by atoms with Crippen molar-refractivity contribution in [3.63, 3.8) is 0 Å². The third kappa shape index (κ3) is 3.42. The number of benzene rings is 1. The molecule has 1 aromatic carbocycles. The van der Waals surface area contributed by atoms with E-state index >= 15 is 0 Å². The van der Waals surface area contributed by atoms with Gasteiger partial charge in [-0.05, 0) is 36.8 Å². The average molecular weight is 384 g/mol. The van der Waals surface area contributed by atoms with Crippen LogP contribution in [-0.2, 0) is 5.41 Å². The van der Waals surface area contributed by atoms with Crippen LogP contribution in [0.25, 0.3) is 10.8 Å². The Balaban J connectivity index is 1.47. The molecule has 1 N–H and O–H groups in total. The fourth-order valence-corrected chi connectivity index (χ4v) is 3.80. The molecular weight excluding hydrogens is 364 g/mol. The van der Waals surface area contributed by atoms with Crippen molar-refractivity contribution in [1.29, 1.82) is 0 Å². The van der Waals surface area contributed by atoms with Crippen molar-refractivity contribution in [1.82, 2.24) is 10.3 Å². The Hall–Kier alpha value is -2.80. The van der Waals surface area contributed by atoms with Gasteiger partial charge in [-0.25, -0.2) is 4.98 Å². The molecular formula is C20H20N2O4S. The van der Waals surface area contributed by atoms with Gasteiger partial charge in [-0.2, -0.15) is 0 Å². The maximum atomic E-state index is 12.7. The highest BCUT2D eigenvalue weighted by Crippen LogP contribution is 2.36. The number of aromatic nitrogens is 1. The van der Waals surface area contributed by atoms with E-state index in [9.17, 15) is 4.79 Å². The molecule has 0 fully saturated rings. The van der Waals surface area contributed by atoms with Crippen LogP contribution < -0.4 is 14.8 Å². The molecule has 140 valence electrons. The van der Waals surface area contributed by atoms with Crippen molar-refractivity contribution in [2.45, 2.75) is 26.2 Å². The zero-order chi connectivity index (χ0) is 19.0. The molecule has 4 rings (SSSR count). The van der Waals surface area contributed by atoms with Gasteiger partial charge < -0.3 is 19.2 Å². The first-order valence-electron chi connectivity index (χ1n) is 8.64. The van der Waals surface area contributed by atoms with Crippen molar-refractivity contribution in [3.8, 4) is 22.3 Å². The quantitative estimate of drug-likeness (QED) is 0.715. The molecule has 1 amide bonds. The summed E-state index contributed by atoms with van der Waals surface area (Å²) in [6.45, 7) is 6.76. The van der Waals surface area contributed by atoms with E-state index in [0.29, 0.717) is 23.0 Å². The zero-order valence-corrected chi connectivity index (χ0v) is 16.2. The van der Waals surface area contributed by atoms with Gasteiger partial charge in [0.05, 0.1) is 6.26 Å². The van der Waals surface area contributed by atoms with Gasteiger partial charge in [0.15, 0.2) is 22.3 Å². The lowest BCUT2D eigenvalue weighted by Crippen LogP contribution is -2.37. The third-order valence-corrected chi connectivity index (χ3v) is 5.57. The molecule has 3 heterocycles. The third-order valence-electron chi connectivity index (χ3n) is 4.59. The number of amides is 1. The summed E-state index contributed by atoms with van der Waals surface area (Å²) in [5.41, 5.74) is 1.23. The van der Waals surface area contributed by atoms with Gasteiger partial charge in [-0.3, -0.25) is 4.79 Å². The van der Waals surface area contributed by atoms with E-state index < -0.39 is 0 Å². The Kier molecular flexibility index (Phi) is 4.39. The van der Waals surface area contributed by atoms with Crippen LogP contribution in [0.3, 0.4) is 0 Å². The fraction of sp³-hybridized carbons (Fsp3) is 0.300. The van der Waals surface area contributed by atoms with Crippen molar-refractivity contribution < 1.29 is 18.7 Å². The van der Waals surface area contributed by atoms with Gasteiger partial charge in [0.1, 0.15) is 5.69 Å². The summed E-state index contributed by atoms with van der Waals surface area (Å²) in [7, 11) is 0. The molecule has 0 bridgehead atoms. The molecule has 0 saturated carbocycles. The first-order valence-corrected chi connectivity index (χ1v) is 9.45. The highest BCUT2D eigenvalue weighted by Gasteiger charge is 2.26. The Morgan fingerprint density at radius 3 is 2.85 bits per heavy atom. The average Bonchev–Trinajstić information content (AvgIpc) is 3.38. The number of carbonyl (C=O) groups excluding carboxylic acids is 1. The van der Waals surface area contributed by atoms with Crippen LogP contribution in [-0.4, -0.2) is 24.2 Å². The van der Waals surface area contributed by atoms with E-state index in [1.54, 1.807) is 12.3 Å². The van der Waals surface area contributed by atoms with Crippen LogP contribution in [0.2, 0.25) is 0 Å². The standard InChI is InChI=1S/C20H20N2O4S/c1-12-17(22-19(27-12)15-5-4-8-24-15)18(23)21-10-20(2,3)13-6-7-14-16(9-13)26-11-25-14/h4-9H,10-11H2,1-3H3,(H,21,23). The zero-order valence-electron chi connectivity index (χ0n) is 15.4. The molecule has 0 aliphatic carbocycles. The second-order valence-corrected chi connectivity index (χ2v) is 8.24. The minimum absolute atomic E-state index is 0.185. The maximum absolute atomic E-state index is 12.7. The van der Waals surface area contributed by atoms with Crippen LogP contribution >= 0.6 is 11.3 Å². The van der Waals surface area contributed by atoms with E-state index in [0.717, 1.165) is 21.9 Å². The molecule has 0 spiro atoms. The number of hydrogen-bond acceptors (Lipinski definition) is 6. The number of thiazole rings is 1. The van der Waals surface area contributed by atoms with Gasteiger partial charge in [-0.15, -0.1) is 11.3 Å². The number of carbonyl (C=O) groups is 1. The maximum Gasteiger partial charge on any atom is 0.271 e. The number of nitrogens with one attached hydrogen (secondary N) is 1. The monoisotopic (exact) mass is 384 g/mol. The van der Waals surface area contributed by atoms with Gasteiger partial charge in [0.25, 0.3) is 5.91 Å². The summed E-state index contributed by atoms with van der Waals surface area (Å²) >= 11 is 1.45. The van der Waals surface area contributed by atoms with E-state index in [1.165, 1.54) is 11.3 Å². The van der Waals surface area contributed by atoms with Crippen LogP contribution in [0.5, 0.6) is 11.5 Å². The SMILES string of the molecule is Cc1sc(-c2ccco2)nc1C(=O)NCC(C)(C)c1ccc2c(c1)OCO2. The Bertz CT molecular complexity index is 976. The summed E-state index contributed by atoms with van der Waals surface area (Å²) in [6, 6.07) is 9.52. The molecule has 1 aliphatic heterocycles. The van der Waals surface area contributed by atoms with Gasteiger partial charge in [0.2, 0.25) is 6.79 Å². The lowest BCUT2D eigenvalue weighted by atomic mass is 9.84. The van der Waals surface area contributed by atoms with Gasteiger partial charge in [-0.1, -0.05) is 19.9 Å². The van der Waals surface area contributed by atoms with Crippen LogP contribution in [0.4, 0.5) is 0 Å². The number of hydrogen-bond donors (Lipinski definition) is 1. The highest BCUT2D eigenvalue weighted by molar-refractivity contribution is 7.15. The summed E-state index contributed by atoms with van der Waals surface area (Å²) in [5, 5.41) is 3.71. The minimum Gasteiger partial charge on any atom is -0.462 e. The van der Waals surface area contributed by atoms with Crippen LogP contribution in [0.1, 0.15) is 34.8 Å². The topological polar surface area (TPSA) is 73.6 Å². The number of furan rings is 1. The van der Waals surface area contributed by atoms with Crippen LogP contribution in [0, 0.1) is 6.92 Å². The summed E-state index contributed by atoms with van der Waals surface area (Å²) in [5.74, 6) is 1.98. The Morgan fingerprint density at radius 2 is 2.07 bits per heavy atom. The Morgan fingerprint density at radius 1 is 1.26 bits per heavy atom. The number of rotatable bonds is 5. The number of fused-ring (bicyclic) bond motifs is 1. The van der Waals surface area contributed by atoms with Crippen molar-refractivity contribution in [3.05, 3.63) is 52.7 Å². The smallest absolute Gasteiger partial charge is 0.271 e. The molecule has 0 saturated heterocycles. The number of nitrogens with zero attached hydrogens (tertiary/aromatic N) is 1. The molecule has 0 unspecified atom stereocenters. The normalized spacial score (nSPS) is 13.0. The molecule has 2 aromatic heterocycles. The second-order valence-electron chi connectivity index (χ2n) is 7.04. The van der Waals surface area contributed by atoms with E-state index in [2.05, 4.69) is 24.1 Å². The first kappa shape index (κ1) is 17.6. The number of aryl methyl sites for hydroxylation is 1. The summed E-state index contributed by atoms with van der Waals surface area (Å²) in [4.78, 5) is 18.0. The molecule has 0 radical (unpaired) electrons. The predicted octanol–water partition coefficient (Wildman–Crippen LogP) is 4.15. The van der Waals surface area contributed by atoms with Gasteiger partial charge >= 0.3 is 0 Å². The van der Waals surface area contributed by atoms with E-state index in [-0.39, 0.29) is 18.1 Å². The van der Waals surface area contributed by atoms with Crippen molar-refractivity contribution in [2.75, 3.05) is 13.3 Å². The summed E-state index contributed by atoms with van der Waals surface area (Å²) in [6.07, 6.45) is 1.60.